The molecule has 2 heteroatoms. The third kappa shape index (κ3) is 6.98. The number of ether oxygens (including phenoxy) is 2. The first-order valence-electron chi connectivity index (χ1n) is 7.98. The average Bonchev–Trinajstić information content (AvgIpc) is 3.33. The fourth-order valence-electron chi connectivity index (χ4n) is 2.12. The summed E-state index contributed by atoms with van der Waals surface area (Å²) in [6.45, 7) is 3.72. The van der Waals surface area contributed by atoms with Crippen molar-refractivity contribution in [1.82, 2.24) is 0 Å². The minimum atomic E-state index is 0.191. The van der Waals surface area contributed by atoms with Gasteiger partial charge in [-0.1, -0.05) is 78.4 Å². The predicted octanol–water partition coefficient (Wildman–Crippen LogP) is 5.23. The summed E-state index contributed by atoms with van der Waals surface area (Å²) in [5.41, 5.74) is 2.56. The fourth-order valence-corrected chi connectivity index (χ4v) is 2.12. The van der Waals surface area contributed by atoms with E-state index >= 15 is 0 Å². The molecule has 0 unspecified atom stereocenters. The quantitative estimate of drug-likeness (QED) is 0.672. The smallest absolute Gasteiger partial charge is 0.101 e. The normalized spacial score (nSPS) is 17.5. The van der Waals surface area contributed by atoms with Crippen molar-refractivity contribution in [3.05, 3.63) is 96.3 Å². The van der Waals surface area contributed by atoms with E-state index < -0.39 is 0 Å². The first-order valence-corrected chi connectivity index (χ1v) is 7.98. The topological polar surface area (TPSA) is 18.5 Å². The second-order valence-corrected chi connectivity index (χ2v) is 5.28. The molecule has 2 aromatic rings. The van der Waals surface area contributed by atoms with Crippen LogP contribution in [0.1, 0.15) is 23.7 Å². The van der Waals surface area contributed by atoms with Crippen molar-refractivity contribution in [3.8, 4) is 0 Å². The van der Waals surface area contributed by atoms with Crippen LogP contribution < -0.4 is 0 Å². The van der Waals surface area contributed by atoms with Crippen LogP contribution in [-0.2, 0) is 9.47 Å². The first-order chi connectivity index (χ1) is 11.4. The van der Waals surface area contributed by atoms with Crippen molar-refractivity contribution in [2.24, 2.45) is 0 Å². The number of benzene rings is 2. The van der Waals surface area contributed by atoms with Gasteiger partial charge in [-0.15, -0.1) is 0 Å². The summed E-state index contributed by atoms with van der Waals surface area (Å²) in [6.07, 6.45) is 9.18. The van der Waals surface area contributed by atoms with Crippen LogP contribution in [0, 0.1) is 6.92 Å². The fraction of sp³-hybridized carbons (Fsp3) is 0.238. The van der Waals surface area contributed by atoms with Crippen LogP contribution in [0.15, 0.2) is 85.2 Å². The van der Waals surface area contributed by atoms with E-state index in [0.717, 1.165) is 19.6 Å². The molecule has 23 heavy (non-hydrogen) atoms. The monoisotopic (exact) mass is 308 g/mol. The molecule has 4 rings (SSSR count). The summed E-state index contributed by atoms with van der Waals surface area (Å²) in [6, 6.07) is 20.5. The third-order valence-corrected chi connectivity index (χ3v) is 3.35. The molecule has 0 saturated carbocycles. The zero-order valence-electron chi connectivity index (χ0n) is 13.6. The summed E-state index contributed by atoms with van der Waals surface area (Å²) in [5, 5.41) is 0. The van der Waals surface area contributed by atoms with Crippen molar-refractivity contribution in [2.45, 2.75) is 19.4 Å². The highest BCUT2D eigenvalue weighted by atomic mass is 16.5. The van der Waals surface area contributed by atoms with Crippen molar-refractivity contribution >= 4 is 0 Å². The molecule has 2 nitrogen and oxygen atoms in total. The Hall–Kier alpha value is -2.32. The number of hydrogen-bond acceptors (Lipinski definition) is 2. The molecule has 2 aliphatic rings. The second-order valence-electron chi connectivity index (χ2n) is 5.28. The maximum Gasteiger partial charge on any atom is 0.101 e. The molecule has 0 aliphatic carbocycles. The van der Waals surface area contributed by atoms with Gasteiger partial charge in [0.25, 0.3) is 0 Å². The Morgan fingerprint density at radius 1 is 0.870 bits per heavy atom. The SMILES string of the molecule is C1=COCC1.C1=C[C@H](c2ccccc2)OC1.Cc1ccccc1. The Balaban J connectivity index is 0.000000137. The van der Waals surface area contributed by atoms with Crippen LogP contribution in [0.25, 0.3) is 0 Å². The van der Waals surface area contributed by atoms with Gasteiger partial charge in [-0.3, -0.25) is 0 Å². The molecule has 0 fully saturated rings. The first kappa shape index (κ1) is 17.0. The Morgan fingerprint density at radius 3 is 1.96 bits per heavy atom. The molecule has 120 valence electrons. The highest BCUT2D eigenvalue weighted by Crippen LogP contribution is 2.21. The maximum absolute atomic E-state index is 5.43. The van der Waals surface area contributed by atoms with Crippen LogP contribution in [0.2, 0.25) is 0 Å². The lowest BCUT2D eigenvalue weighted by atomic mass is 10.1. The molecule has 0 bridgehead atoms. The highest BCUT2D eigenvalue weighted by Gasteiger charge is 2.10. The van der Waals surface area contributed by atoms with E-state index in [1.807, 2.05) is 42.5 Å². The van der Waals surface area contributed by atoms with E-state index in [2.05, 4.69) is 43.3 Å². The van der Waals surface area contributed by atoms with Gasteiger partial charge in [0, 0.05) is 6.42 Å². The van der Waals surface area contributed by atoms with Gasteiger partial charge in [-0.05, 0) is 18.6 Å². The molecule has 0 saturated heterocycles. The predicted molar refractivity (Wildman–Crippen MR) is 95.2 cm³/mol. The van der Waals surface area contributed by atoms with E-state index in [0.29, 0.717) is 0 Å². The lowest BCUT2D eigenvalue weighted by molar-refractivity contribution is 0.129. The zero-order chi connectivity index (χ0) is 16.2. The van der Waals surface area contributed by atoms with Crippen LogP contribution in [0.3, 0.4) is 0 Å². The van der Waals surface area contributed by atoms with Crippen LogP contribution in [-0.4, -0.2) is 13.2 Å². The van der Waals surface area contributed by atoms with Gasteiger partial charge in [-0.25, -0.2) is 0 Å². The van der Waals surface area contributed by atoms with Gasteiger partial charge in [0.2, 0.25) is 0 Å². The number of aryl methyl sites for hydroxylation is 1. The Morgan fingerprint density at radius 2 is 1.57 bits per heavy atom. The molecule has 1 atom stereocenters. The minimum Gasteiger partial charge on any atom is -0.501 e. The summed E-state index contributed by atoms with van der Waals surface area (Å²) in [7, 11) is 0. The van der Waals surface area contributed by atoms with Gasteiger partial charge < -0.3 is 9.47 Å². The molecular formula is C21H24O2. The van der Waals surface area contributed by atoms with Crippen molar-refractivity contribution in [1.29, 1.82) is 0 Å². The summed E-state index contributed by atoms with van der Waals surface area (Å²) < 4.78 is 10.2. The molecular weight excluding hydrogens is 284 g/mol. The molecule has 0 N–H and O–H groups in total. The van der Waals surface area contributed by atoms with E-state index in [-0.39, 0.29) is 6.10 Å². The Labute approximate surface area is 139 Å². The molecule has 2 aliphatic heterocycles. The lowest BCUT2D eigenvalue weighted by Gasteiger charge is -2.06. The van der Waals surface area contributed by atoms with Crippen LogP contribution in [0.4, 0.5) is 0 Å². The molecule has 0 spiro atoms. The van der Waals surface area contributed by atoms with E-state index in [1.54, 1.807) is 6.26 Å². The molecule has 0 aromatic heterocycles. The third-order valence-electron chi connectivity index (χ3n) is 3.35. The minimum absolute atomic E-state index is 0.191. The standard InChI is InChI=1S/C10H10O.C7H8.C4H6O/c1-2-5-9(6-3-1)10-7-4-8-11-10;1-7-5-3-2-4-6-7;1-2-4-5-3-1/h1-7,10H,8H2;2-6H,1H3;1,3H,2,4H2/t10-;;/m1../s1. The van der Waals surface area contributed by atoms with Crippen LogP contribution in [0.5, 0.6) is 0 Å². The van der Waals surface area contributed by atoms with Gasteiger partial charge >= 0.3 is 0 Å². The van der Waals surface area contributed by atoms with Gasteiger partial charge in [-0.2, -0.15) is 0 Å². The van der Waals surface area contributed by atoms with Crippen LogP contribution >= 0.6 is 0 Å². The highest BCUT2D eigenvalue weighted by molar-refractivity contribution is 5.22. The second kappa shape index (κ2) is 10.4. The number of hydrogen-bond donors (Lipinski definition) is 0. The Bertz CT molecular complexity index is 582. The molecule has 2 heterocycles. The van der Waals surface area contributed by atoms with Gasteiger partial charge in [0.15, 0.2) is 0 Å². The summed E-state index contributed by atoms with van der Waals surface area (Å²) in [4.78, 5) is 0. The molecule has 0 amide bonds. The summed E-state index contributed by atoms with van der Waals surface area (Å²) >= 11 is 0. The molecule has 0 radical (unpaired) electrons. The van der Waals surface area contributed by atoms with Gasteiger partial charge in [0.1, 0.15) is 6.10 Å². The van der Waals surface area contributed by atoms with Crippen molar-refractivity contribution < 1.29 is 9.47 Å². The lowest BCUT2D eigenvalue weighted by Crippen LogP contribution is -1.94. The largest absolute Gasteiger partial charge is 0.501 e. The number of rotatable bonds is 1. The van der Waals surface area contributed by atoms with Crippen molar-refractivity contribution in [2.75, 3.05) is 13.2 Å². The van der Waals surface area contributed by atoms with E-state index in [9.17, 15) is 0 Å². The Kier molecular flexibility index (Phi) is 7.72. The van der Waals surface area contributed by atoms with Gasteiger partial charge in [0.05, 0.1) is 19.5 Å². The summed E-state index contributed by atoms with van der Waals surface area (Å²) in [5.74, 6) is 0. The van der Waals surface area contributed by atoms with E-state index in [4.69, 9.17) is 9.47 Å². The van der Waals surface area contributed by atoms with Crippen molar-refractivity contribution in [3.63, 3.8) is 0 Å². The maximum atomic E-state index is 5.43. The average molecular weight is 308 g/mol. The zero-order valence-corrected chi connectivity index (χ0v) is 13.6. The molecule has 2 aromatic carbocycles. The van der Waals surface area contributed by atoms with E-state index in [1.165, 1.54) is 11.1 Å².